The van der Waals surface area contributed by atoms with E-state index < -0.39 is 0 Å². The van der Waals surface area contributed by atoms with Gasteiger partial charge in [0.05, 0.1) is 26.0 Å². The number of amides is 1. The maximum atomic E-state index is 12.7. The number of ether oxygens (including phenoxy) is 3. The number of hydrogen-bond acceptors (Lipinski definition) is 6. The molecule has 166 valence electrons. The molecule has 0 aliphatic carbocycles. The topological polar surface area (TPSA) is 74.1 Å². The fourth-order valence-electron chi connectivity index (χ4n) is 3.27. The van der Waals surface area contributed by atoms with Crippen molar-refractivity contribution in [3.63, 3.8) is 0 Å². The van der Waals surface area contributed by atoms with Crippen LogP contribution in [0.2, 0.25) is 0 Å². The number of methoxy groups -OCH3 is 1. The fourth-order valence-corrected chi connectivity index (χ4v) is 4.30. The van der Waals surface area contributed by atoms with Gasteiger partial charge in [-0.2, -0.15) is 0 Å². The lowest BCUT2D eigenvalue weighted by atomic mass is 10.2. The highest BCUT2D eigenvalue weighted by Crippen LogP contribution is 2.28. The van der Waals surface area contributed by atoms with E-state index in [0.717, 1.165) is 39.2 Å². The minimum absolute atomic E-state index is 0.126. The Morgan fingerprint density at radius 2 is 1.69 bits per heavy atom. The zero-order valence-corrected chi connectivity index (χ0v) is 19.1. The molecular weight excluding hydrogens is 426 g/mol. The van der Waals surface area contributed by atoms with Crippen LogP contribution in [0.4, 0.5) is 0 Å². The minimum Gasteiger partial charge on any atom is -0.497 e. The Bertz CT molecular complexity index is 1200. The molecule has 1 amide bonds. The fraction of sp³-hybridized carbons (Fsp3) is 0.250. The Morgan fingerprint density at radius 3 is 2.31 bits per heavy atom. The third kappa shape index (κ3) is 4.70. The number of benzene rings is 2. The van der Waals surface area contributed by atoms with Crippen LogP contribution in [0.5, 0.6) is 17.2 Å². The van der Waals surface area contributed by atoms with Gasteiger partial charge in [0.15, 0.2) is 4.96 Å². The number of aromatic nitrogens is 2. The van der Waals surface area contributed by atoms with Crippen LogP contribution in [-0.2, 0) is 0 Å². The smallest absolute Gasteiger partial charge is 0.263 e. The highest BCUT2D eigenvalue weighted by Gasteiger charge is 2.18. The van der Waals surface area contributed by atoms with Gasteiger partial charge in [0.25, 0.3) is 5.91 Å². The largest absolute Gasteiger partial charge is 0.497 e. The number of hydrogen-bond donors (Lipinski definition) is 1. The Morgan fingerprint density at radius 1 is 1.03 bits per heavy atom. The lowest BCUT2D eigenvalue weighted by molar-refractivity contribution is 0.0950. The summed E-state index contributed by atoms with van der Waals surface area (Å²) in [6.07, 6.45) is 1.95. The van der Waals surface area contributed by atoms with Crippen molar-refractivity contribution in [2.24, 2.45) is 0 Å². The van der Waals surface area contributed by atoms with Crippen LogP contribution in [0.3, 0.4) is 0 Å². The first-order chi connectivity index (χ1) is 15.6. The second-order valence-corrected chi connectivity index (χ2v) is 8.01. The lowest BCUT2D eigenvalue weighted by Gasteiger charge is -2.08. The lowest BCUT2D eigenvalue weighted by Crippen LogP contribution is -2.28. The van der Waals surface area contributed by atoms with Gasteiger partial charge in [0.1, 0.15) is 28.7 Å². The number of nitrogens with one attached hydrogen (secondary N) is 1. The number of aryl methyl sites for hydroxylation is 1. The molecule has 1 N–H and O–H groups in total. The predicted molar refractivity (Wildman–Crippen MR) is 125 cm³/mol. The van der Waals surface area contributed by atoms with E-state index >= 15 is 0 Å². The summed E-state index contributed by atoms with van der Waals surface area (Å²) in [5.41, 5.74) is 2.72. The maximum absolute atomic E-state index is 12.7. The molecule has 4 aromatic rings. The second-order valence-electron chi connectivity index (χ2n) is 7.03. The van der Waals surface area contributed by atoms with Crippen LogP contribution in [0.15, 0.2) is 54.7 Å². The molecule has 32 heavy (non-hydrogen) atoms. The van der Waals surface area contributed by atoms with Crippen LogP contribution in [0.25, 0.3) is 16.2 Å². The predicted octanol–water partition coefficient (Wildman–Crippen LogP) is 4.59. The molecule has 4 rings (SSSR count). The molecule has 2 aromatic heterocycles. The van der Waals surface area contributed by atoms with Gasteiger partial charge in [0, 0.05) is 17.5 Å². The van der Waals surface area contributed by atoms with Crippen molar-refractivity contribution < 1.29 is 19.0 Å². The van der Waals surface area contributed by atoms with Crippen LogP contribution in [-0.4, -0.2) is 42.2 Å². The average Bonchev–Trinajstić information content (AvgIpc) is 3.37. The van der Waals surface area contributed by atoms with Crippen LogP contribution in [0.1, 0.15) is 22.3 Å². The Labute approximate surface area is 190 Å². The van der Waals surface area contributed by atoms with Crippen LogP contribution < -0.4 is 19.5 Å². The van der Waals surface area contributed by atoms with E-state index in [1.807, 2.05) is 73.0 Å². The molecule has 0 aliphatic rings. The van der Waals surface area contributed by atoms with Crippen molar-refractivity contribution in [3.8, 4) is 28.5 Å². The first-order valence-corrected chi connectivity index (χ1v) is 11.2. The molecule has 2 aromatic carbocycles. The number of carbonyl (C=O) groups excluding carboxylic acids is 1. The highest BCUT2D eigenvalue weighted by atomic mass is 32.1. The first kappa shape index (κ1) is 21.7. The van der Waals surface area contributed by atoms with Gasteiger partial charge in [-0.05, 0) is 62.4 Å². The van der Waals surface area contributed by atoms with Gasteiger partial charge in [-0.15, -0.1) is 0 Å². The number of rotatable bonds is 9. The SMILES string of the molecule is CCOc1ccc(OCCNC(=O)c2sc3nc(-c4ccc(OC)cc4)cn3c2C)cc1. The zero-order chi connectivity index (χ0) is 22.5. The normalized spacial score (nSPS) is 10.8. The summed E-state index contributed by atoms with van der Waals surface area (Å²) in [7, 11) is 1.64. The van der Waals surface area contributed by atoms with Crippen molar-refractivity contribution in [2.75, 3.05) is 26.9 Å². The Balaban J connectivity index is 1.35. The molecule has 0 fully saturated rings. The van der Waals surface area contributed by atoms with Gasteiger partial charge < -0.3 is 19.5 Å². The molecule has 8 heteroatoms. The standard InChI is InChI=1S/C24H25N3O4S/c1-4-30-19-9-11-20(12-10-19)31-14-13-25-23(28)22-16(2)27-15-21(26-24(27)32-22)17-5-7-18(29-3)8-6-17/h5-12,15H,4,13-14H2,1-3H3,(H,25,28). The van der Waals surface area contributed by atoms with E-state index in [9.17, 15) is 4.79 Å². The molecule has 0 spiro atoms. The zero-order valence-electron chi connectivity index (χ0n) is 18.3. The van der Waals surface area contributed by atoms with Crippen molar-refractivity contribution in [1.82, 2.24) is 14.7 Å². The molecular formula is C24H25N3O4S. The summed E-state index contributed by atoms with van der Waals surface area (Å²) in [6, 6.07) is 15.2. The summed E-state index contributed by atoms with van der Waals surface area (Å²) in [5.74, 6) is 2.22. The molecule has 0 saturated heterocycles. The van der Waals surface area contributed by atoms with Crippen LogP contribution >= 0.6 is 11.3 Å². The van der Waals surface area contributed by atoms with Crippen molar-refractivity contribution >= 4 is 22.2 Å². The molecule has 0 aliphatic heterocycles. The van der Waals surface area contributed by atoms with Crippen LogP contribution in [0, 0.1) is 6.92 Å². The summed E-state index contributed by atoms with van der Waals surface area (Å²) in [5, 5.41) is 2.92. The van der Waals surface area contributed by atoms with Gasteiger partial charge in [0.2, 0.25) is 0 Å². The number of fused-ring (bicyclic) bond motifs is 1. The summed E-state index contributed by atoms with van der Waals surface area (Å²) < 4.78 is 18.3. The maximum Gasteiger partial charge on any atom is 0.263 e. The molecule has 0 atom stereocenters. The molecule has 0 bridgehead atoms. The third-order valence-electron chi connectivity index (χ3n) is 4.94. The summed E-state index contributed by atoms with van der Waals surface area (Å²) in [4.78, 5) is 18.8. The van der Waals surface area contributed by atoms with Gasteiger partial charge in [-0.3, -0.25) is 9.20 Å². The Kier molecular flexibility index (Phi) is 6.61. The van der Waals surface area contributed by atoms with E-state index in [-0.39, 0.29) is 5.91 Å². The highest BCUT2D eigenvalue weighted by molar-refractivity contribution is 7.19. The van der Waals surface area contributed by atoms with E-state index in [1.54, 1.807) is 7.11 Å². The summed E-state index contributed by atoms with van der Waals surface area (Å²) >= 11 is 1.38. The monoisotopic (exact) mass is 451 g/mol. The van der Waals surface area contributed by atoms with Gasteiger partial charge >= 0.3 is 0 Å². The van der Waals surface area contributed by atoms with E-state index in [2.05, 4.69) is 10.3 Å². The molecule has 0 unspecified atom stereocenters. The van der Waals surface area contributed by atoms with Crippen molar-refractivity contribution in [2.45, 2.75) is 13.8 Å². The van der Waals surface area contributed by atoms with E-state index in [1.165, 1.54) is 11.3 Å². The number of thiazole rings is 1. The second kappa shape index (κ2) is 9.74. The van der Waals surface area contributed by atoms with Crippen molar-refractivity contribution in [3.05, 3.63) is 65.3 Å². The van der Waals surface area contributed by atoms with Crippen molar-refractivity contribution in [1.29, 1.82) is 0 Å². The third-order valence-corrected chi connectivity index (χ3v) is 6.10. The van der Waals surface area contributed by atoms with E-state index in [0.29, 0.717) is 24.6 Å². The number of imidazole rings is 1. The molecule has 0 radical (unpaired) electrons. The van der Waals surface area contributed by atoms with E-state index in [4.69, 9.17) is 14.2 Å². The molecule has 2 heterocycles. The average molecular weight is 452 g/mol. The first-order valence-electron chi connectivity index (χ1n) is 10.4. The number of nitrogens with zero attached hydrogens (tertiary/aromatic N) is 2. The minimum atomic E-state index is -0.126. The molecule has 7 nitrogen and oxygen atoms in total. The quantitative estimate of drug-likeness (QED) is 0.377. The van der Waals surface area contributed by atoms with Gasteiger partial charge in [-0.1, -0.05) is 11.3 Å². The van der Waals surface area contributed by atoms with Gasteiger partial charge in [-0.25, -0.2) is 4.98 Å². The number of carbonyl (C=O) groups is 1. The Hall–Kier alpha value is -3.52. The summed E-state index contributed by atoms with van der Waals surface area (Å²) in [6.45, 7) is 5.28. The molecule has 0 saturated carbocycles.